The zero-order valence-corrected chi connectivity index (χ0v) is 11.3. The Kier molecular flexibility index (Phi) is 5.00. The van der Waals surface area contributed by atoms with E-state index in [0.717, 1.165) is 24.2 Å². The molecule has 1 rings (SSSR count). The SMILES string of the molecule is CCc1nnc(N(C)C(CC)C(=O)O)nc1CC. The van der Waals surface area contributed by atoms with Crippen molar-refractivity contribution in [3.8, 4) is 0 Å². The van der Waals surface area contributed by atoms with Crippen LogP contribution in [0, 0.1) is 0 Å². The van der Waals surface area contributed by atoms with Crippen LogP contribution < -0.4 is 4.90 Å². The summed E-state index contributed by atoms with van der Waals surface area (Å²) in [6, 6.07) is -0.621. The second kappa shape index (κ2) is 6.28. The molecule has 1 N–H and O–H groups in total. The van der Waals surface area contributed by atoms with Gasteiger partial charge in [-0.25, -0.2) is 9.78 Å². The van der Waals surface area contributed by atoms with E-state index >= 15 is 0 Å². The zero-order chi connectivity index (χ0) is 13.7. The van der Waals surface area contributed by atoms with Crippen molar-refractivity contribution in [2.45, 2.75) is 46.1 Å². The van der Waals surface area contributed by atoms with Gasteiger partial charge in [-0.1, -0.05) is 20.8 Å². The summed E-state index contributed by atoms with van der Waals surface area (Å²) < 4.78 is 0. The third-order valence-electron chi connectivity index (χ3n) is 2.95. The third kappa shape index (κ3) is 2.94. The van der Waals surface area contributed by atoms with E-state index in [1.807, 2.05) is 20.8 Å². The van der Waals surface area contributed by atoms with Crippen LogP contribution in [0.3, 0.4) is 0 Å². The van der Waals surface area contributed by atoms with E-state index in [-0.39, 0.29) is 0 Å². The highest BCUT2D eigenvalue weighted by atomic mass is 16.4. The highest BCUT2D eigenvalue weighted by molar-refractivity contribution is 5.77. The second-order valence-electron chi connectivity index (χ2n) is 4.09. The lowest BCUT2D eigenvalue weighted by molar-refractivity contribution is -0.138. The maximum absolute atomic E-state index is 11.1. The molecule has 0 aromatic carbocycles. The van der Waals surface area contributed by atoms with Gasteiger partial charge >= 0.3 is 5.97 Å². The Morgan fingerprint density at radius 2 is 1.83 bits per heavy atom. The summed E-state index contributed by atoms with van der Waals surface area (Å²) in [5.41, 5.74) is 1.76. The predicted octanol–water partition coefficient (Wildman–Crippen LogP) is 1.30. The molecule has 0 aliphatic heterocycles. The van der Waals surface area contributed by atoms with Crippen molar-refractivity contribution in [2.24, 2.45) is 0 Å². The molecule has 1 unspecified atom stereocenters. The second-order valence-corrected chi connectivity index (χ2v) is 4.09. The van der Waals surface area contributed by atoms with Crippen LogP contribution >= 0.6 is 0 Å². The highest BCUT2D eigenvalue weighted by Crippen LogP contribution is 2.13. The van der Waals surface area contributed by atoms with Gasteiger partial charge in [-0.05, 0) is 19.3 Å². The lowest BCUT2D eigenvalue weighted by Gasteiger charge is -2.23. The van der Waals surface area contributed by atoms with Gasteiger partial charge in [-0.2, -0.15) is 5.10 Å². The topological polar surface area (TPSA) is 79.2 Å². The van der Waals surface area contributed by atoms with Crippen molar-refractivity contribution in [3.05, 3.63) is 11.4 Å². The molecule has 0 saturated heterocycles. The number of nitrogens with zero attached hydrogens (tertiary/aromatic N) is 4. The van der Waals surface area contributed by atoms with E-state index in [4.69, 9.17) is 5.11 Å². The summed E-state index contributed by atoms with van der Waals surface area (Å²) in [5.74, 6) is -0.500. The van der Waals surface area contributed by atoms with Gasteiger partial charge in [0, 0.05) is 7.05 Å². The number of rotatable bonds is 6. The summed E-state index contributed by atoms with van der Waals surface area (Å²) in [6.45, 7) is 5.83. The van der Waals surface area contributed by atoms with Gasteiger partial charge in [0.25, 0.3) is 0 Å². The lowest BCUT2D eigenvalue weighted by Crippen LogP contribution is -2.39. The Morgan fingerprint density at radius 1 is 1.22 bits per heavy atom. The smallest absolute Gasteiger partial charge is 0.326 e. The molecule has 6 heteroatoms. The Hall–Kier alpha value is -1.72. The molecule has 0 radical (unpaired) electrons. The number of aliphatic carboxylic acids is 1. The molecule has 6 nitrogen and oxygen atoms in total. The Balaban J connectivity index is 3.05. The number of hydrogen-bond acceptors (Lipinski definition) is 5. The number of carbonyl (C=O) groups is 1. The van der Waals surface area contributed by atoms with Crippen molar-refractivity contribution in [2.75, 3.05) is 11.9 Å². The van der Waals surface area contributed by atoms with E-state index in [2.05, 4.69) is 15.2 Å². The predicted molar refractivity (Wildman–Crippen MR) is 68.7 cm³/mol. The average molecular weight is 252 g/mol. The largest absolute Gasteiger partial charge is 0.480 e. The van der Waals surface area contributed by atoms with Crippen molar-refractivity contribution < 1.29 is 9.90 Å². The quantitative estimate of drug-likeness (QED) is 0.822. The van der Waals surface area contributed by atoms with E-state index in [1.54, 1.807) is 11.9 Å². The number of aryl methyl sites for hydroxylation is 2. The van der Waals surface area contributed by atoms with Crippen LogP contribution in [0.2, 0.25) is 0 Å². The number of aromatic nitrogens is 3. The lowest BCUT2D eigenvalue weighted by atomic mass is 10.2. The average Bonchev–Trinajstić information content (AvgIpc) is 2.38. The van der Waals surface area contributed by atoms with Gasteiger partial charge in [0.05, 0.1) is 11.4 Å². The molecule has 1 aromatic heterocycles. The summed E-state index contributed by atoms with van der Waals surface area (Å²) in [4.78, 5) is 17.1. The van der Waals surface area contributed by atoms with Crippen LogP contribution in [-0.4, -0.2) is 39.3 Å². The van der Waals surface area contributed by atoms with Gasteiger partial charge in [-0.3, -0.25) is 0 Å². The minimum Gasteiger partial charge on any atom is -0.480 e. The maximum atomic E-state index is 11.1. The Labute approximate surface area is 107 Å². The first-order chi connectivity index (χ1) is 8.54. The first kappa shape index (κ1) is 14.3. The molecule has 18 heavy (non-hydrogen) atoms. The third-order valence-corrected chi connectivity index (χ3v) is 2.95. The molecule has 0 fully saturated rings. The van der Waals surface area contributed by atoms with E-state index < -0.39 is 12.0 Å². The minimum atomic E-state index is -0.874. The van der Waals surface area contributed by atoms with Gasteiger partial charge in [-0.15, -0.1) is 5.10 Å². The summed E-state index contributed by atoms with van der Waals surface area (Å²) in [7, 11) is 1.68. The number of carboxylic acids is 1. The molecule has 0 spiro atoms. The molecule has 1 heterocycles. The molecule has 0 aliphatic carbocycles. The monoisotopic (exact) mass is 252 g/mol. The van der Waals surface area contributed by atoms with E-state index in [9.17, 15) is 4.79 Å². The summed E-state index contributed by atoms with van der Waals surface area (Å²) in [6.07, 6.45) is 2.04. The fraction of sp³-hybridized carbons (Fsp3) is 0.667. The van der Waals surface area contributed by atoms with Crippen LogP contribution in [0.4, 0.5) is 5.95 Å². The van der Waals surface area contributed by atoms with Gasteiger partial charge in [0.15, 0.2) is 0 Å². The molecule has 0 bridgehead atoms. The van der Waals surface area contributed by atoms with Gasteiger partial charge < -0.3 is 10.0 Å². The number of likely N-dealkylation sites (N-methyl/N-ethyl adjacent to an activating group) is 1. The Morgan fingerprint density at radius 3 is 2.28 bits per heavy atom. The van der Waals surface area contributed by atoms with Crippen LogP contribution in [0.15, 0.2) is 0 Å². The van der Waals surface area contributed by atoms with Crippen molar-refractivity contribution in [1.29, 1.82) is 0 Å². The van der Waals surface area contributed by atoms with Crippen LogP contribution in [0.5, 0.6) is 0 Å². The fourth-order valence-corrected chi connectivity index (χ4v) is 1.83. The number of hydrogen-bond donors (Lipinski definition) is 1. The van der Waals surface area contributed by atoms with Crippen molar-refractivity contribution >= 4 is 11.9 Å². The first-order valence-electron chi connectivity index (χ1n) is 6.23. The molecule has 100 valence electrons. The molecule has 1 aromatic rings. The summed E-state index contributed by atoms with van der Waals surface area (Å²) in [5, 5.41) is 17.2. The van der Waals surface area contributed by atoms with Crippen molar-refractivity contribution in [1.82, 2.24) is 15.2 Å². The molecular weight excluding hydrogens is 232 g/mol. The zero-order valence-electron chi connectivity index (χ0n) is 11.3. The number of anilines is 1. The first-order valence-corrected chi connectivity index (χ1v) is 6.23. The van der Waals surface area contributed by atoms with Crippen LogP contribution in [-0.2, 0) is 17.6 Å². The van der Waals surface area contributed by atoms with Crippen LogP contribution in [0.1, 0.15) is 38.6 Å². The molecule has 1 atom stereocenters. The van der Waals surface area contributed by atoms with E-state index in [0.29, 0.717) is 12.4 Å². The molecule has 0 saturated carbocycles. The van der Waals surface area contributed by atoms with Gasteiger partial charge in [0.2, 0.25) is 5.95 Å². The van der Waals surface area contributed by atoms with Gasteiger partial charge in [0.1, 0.15) is 6.04 Å². The minimum absolute atomic E-state index is 0.373. The maximum Gasteiger partial charge on any atom is 0.326 e. The molecule has 0 aliphatic rings. The number of carboxylic acid groups (broad SMARTS) is 1. The Bertz CT molecular complexity index is 423. The van der Waals surface area contributed by atoms with Crippen LogP contribution in [0.25, 0.3) is 0 Å². The standard InChI is InChI=1S/C12H20N4O2/c1-5-8-9(6-2)14-15-12(13-8)16(4)10(7-3)11(17)18/h10H,5-7H2,1-4H3,(H,17,18). The van der Waals surface area contributed by atoms with Crippen molar-refractivity contribution in [3.63, 3.8) is 0 Å². The summed E-state index contributed by atoms with van der Waals surface area (Å²) >= 11 is 0. The fourth-order valence-electron chi connectivity index (χ4n) is 1.83. The molecular formula is C12H20N4O2. The molecule has 0 amide bonds. The highest BCUT2D eigenvalue weighted by Gasteiger charge is 2.23. The normalized spacial score (nSPS) is 12.2. The van der Waals surface area contributed by atoms with E-state index in [1.165, 1.54) is 0 Å².